The molecule has 0 aliphatic carbocycles. The molecule has 8 nitrogen and oxygen atoms in total. The summed E-state index contributed by atoms with van der Waals surface area (Å²) < 4.78 is 7.44. The van der Waals surface area contributed by atoms with Gasteiger partial charge in [0, 0.05) is 17.7 Å². The van der Waals surface area contributed by atoms with Gasteiger partial charge in [0.1, 0.15) is 16.3 Å². The summed E-state index contributed by atoms with van der Waals surface area (Å²) in [7, 11) is 0. The molecule has 0 radical (unpaired) electrons. The van der Waals surface area contributed by atoms with Crippen molar-refractivity contribution in [1.29, 1.82) is 0 Å². The van der Waals surface area contributed by atoms with Crippen molar-refractivity contribution in [2.75, 3.05) is 0 Å². The molecular weight excluding hydrogens is 356 g/mol. The van der Waals surface area contributed by atoms with E-state index in [1.54, 1.807) is 22.8 Å². The first-order valence-corrected chi connectivity index (χ1v) is 9.13. The molecule has 0 atom stereocenters. The quantitative estimate of drug-likeness (QED) is 0.746. The Balaban J connectivity index is 1.97. The number of rotatable bonds is 3. The van der Waals surface area contributed by atoms with Crippen LogP contribution in [-0.4, -0.2) is 36.3 Å². The summed E-state index contributed by atoms with van der Waals surface area (Å²) in [6.07, 6.45) is 0.591. The molecule has 0 unspecified atom stereocenters. The molecule has 0 saturated carbocycles. The van der Waals surface area contributed by atoms with Crippen molar-refractivity contribution < 1.29 is 14.6 Å². The summed E-state index contributed by atoms with van der Waals surface area (Å²) in [4.78, 5) is 34.0. The Morgan fingerprint density at radius 3 is 2.88 bits per heavy atom. The van der Waals surface area contributed by atoms with Gasteiger partial charge < -0.3 is 9.84 Å². The van der Waals surface area contributed by atoms with Gasteiger partial charge in [0.15, 0.2) is 5.65 Å². The number of hydrogen-bond donors (Lipinski definition) is 1. The Morgan fingerprint density at radius 1 is 1.38 bits per heavy atom. The number of carboxylic acid groups (broad SMARTS) is 1. The lowest BCUT2D eigenvalue weighted by Crippen LogP contribution is -2.31. The van der Waals surface area contributed by atoms with Crippen LogP contribution in [0.2, 0.25) is 0 Å². The van der Waals surface area contributed by atoms with E-state index in [2.05, 4.69) is 15.1 Å². The molecule has 0 aromatic carbocycles. The van der Waals surface area contributed by atoms with Crippen LogP contribution in [0.25, 0.3) is 15.9 Å². The average Bonchev–Trinajstić information content (AvgIpc) is 2.89. The molecule has 0 fully saturated rings. The molecule has 3 aromatic heterocycles. The van der Waals surface area contributed by atoms with Gasteiger partial charge in [-0.05, 0) is 26.3 Å². The predicted octanol–water partition coefficient (Wildman–Crippen LogP) is 1.88. The summed E-state index contributed by atoms with van der Waals surface area (Å²) in [5, 5.41) is 14.0. The number of aryl methyl sites for hydroxylation is 2. The van der Waals surface area contributed by atoms with Crippen molar-refractivity contribution >= 4 is 33.2 Å². The third-order valence-corrected chi connectivity index (χ3v) is 5.61. The van der Waals surface area contributed by atoms with Gasteiger partial charge in [-0.3, -0.25) is 9.59 Å². The first-order valence-electron chi connectivity index (χ1n) is 8.32. The predicted molar refractivity (Wildman–Crippen MR) is 95.7 cm³/mol. The number of aromatic nitrogens is 4. The zero-order chi connectivity index (χ0) is 18.6. The van der Waals surface area contributed by atoms with Crippen molar-refractivity contribution in [1.82, 2.24) is 19.6 Å². The smallest absolute Gasteiger partial charge is 0.303 e. The maximum atomic E-state index is 12.4. The fraction of sp³-hybridized carbons (Fsp3) is 0.471. The molecule has 0 saturated heterocycles. The topological polar surface area (TPSA) is 107 Å². The van der Waals surface area contributed by atoms with Crippen molar-refractivity contribution in [2.45, 2.75) is 52.2 Å². The van der Waals surface area contributed by atoms with Gasteiger partial charge >= 0.3 is 5.97 Å². The molecule has 4 heterocycles. The monoisotopic (exact) mass is 374 g/mol. The number of nitrogens with zero attached hydrogens (tertiary/aromatic N) is 4. The van der Waals surface area contributed by atoms with E-state index in [-0.39, 0.29) is 24.1 Å². The highest BCUT2D eigenvalue weighted by Crippen LogP contribution is 2.39. The maximum Gasteiger partial charge on any atom is 0.303 e. The molecule has 3 aromatic rings. The van der Waals surface area contributed by atoms with E-state index in [9.17, 15) is 9.59 Å². The molecule has 1 N–H and O–H groups in total. The Hall–Kier alpha value is -2.39. The summed E-state index contributed by atoms with van der Waals surface area (Å²) in [5.74, 6) is -0.369. The first-order chi connectivity index (χ1) is 12.2. The molecule has 4 rings (SSSR count). The lowest BCUT2D eigenvalue weighted by Gasteiger charge is -2.30. The maximum absolute atomic E-state index is 12.4. The molecule has 0 amide bonds. The lowest BCUT2D eigenvalue weighted by atomic mass is 9.94. The van der Waals surface area contributed by atoms with E-state index in [1.165, 1.54) is 0 Å². The highest BCUT2D eigenvalue weighted by atomic mass is 32.1. The van der Waals surface area contributed by atoms with E-state index in [4.69, 9.17) is 9.84 Å². The summed E-state index contributed by atoms with van der Waals surface area (Å²) in [6.45, 7) is 6.38. The number of thiophene rings is 1. The normalized spacial score (nSPS) is 16.1. The fourth-order valence-corrected chi connectivity index (χ4v) is 4.37. The minimum absolute atomic E-state index is 0.0458. The van der Waals surface area contributed by atoms with Crippen LogP contribution in [-0.2, 0) is 29.0 Å². The van der Waals surface area contributed by atoms with E-state index in [0.717, 1.165) is 20.7 Å². The number of fused-ring (bicyclic) bond motifs is 5. The van der Waals surface area contributed by atoms with Gasteiger partial charge in [0.25, 0.3) is 5.56 Å². The Labute approximate surface area is 152 Å². The first kappa shape index (κ1) is 17.0. The van der Waals surface area contributed by atoms with Gasteiger partial charge in [-0.2, -0.15) is 10.1 Å². The van der Waals surface area contributed by atoms with Gasteiger partial charge in [-0.1, -0.05) is 0 Å². The minimum Gasteiger partial charge on any atom is -0.481 e. The average molecular weight is 374 g/mol. The summed E-state index contributed by atoms with van der Waals surface area (Å²) in [5.41, 5.74) is 0.953. The van der Waals surface area contributed by atoms with Crippen LogP contribution in [0.3, 0.4) is 0 Å². The van der Waals surface area contributed by atoms with Crippen LogP contribution >= 0.6 is 11.3 Å². The van der Waals surface area contributed by atoms with Crippen molar-refractivity contribution in [3.05, 3.63) is 32.3 Å². The minimum atomic E-state index is -0.976. The van der Waals surface area contributed by atoms with Crippen LogP contribution in [0, 0.1) is 6.92 Å². The molecule has 0 spiro atoms. The van der Waals surface area contributed by atoms with E-state index >= 15 is 0 Å². The second-order valence-electron chi connectivity index (χ2n) is 7.06. The van der Waals surface area contributed by atoms with E-state index in [0.29, 0.717) is 24.5 Å². The Bertz CT molecular complexity index is 1120. The van der Waals surface area contributed by atoms with E-state index < -0.39 is 11.5 Å². The molecular formula is C17H18N4O4S. The van der Waals surface area contributed by atoms with Gasteiger partial charge in [-0.25, -0.2) is 9.50 Å². The van der Waals surface area contributed by atoms with Gasteiger partial charge in [0.2, 0.25) is 0 Å². The number of hydrogen-bond acceptors (Lipinski definition) is 7. The highest BCUT2D eigenvalue weighted by Gasteiger charge is 2.31. The SMILES string of the molecule is Cc1nc2sc3c(c2c2nc(=O)c(CCC(=O)O)nn12)CC(C)(C)OC3. The largest absolute Gasteiger partial charge is 0.481 e. The highest BCUT2D eigenvalue weighted by molar-refractivity contribution is 7.19. The van der Waals surface area contributed by atoms with Crippen LogP contribution in [0.15, 0.2) is 4.79 Å². The third-order valence-electron chi connectivity index (χ3n) is 4.51. The molecule has 1 aliphatic rings. The zero-order valence-corrected chi connectivity index (χ0v) is 15.5. The van der Waals surface area contributed by atoms with Crippen LogP contribution in [0.1, 0.15) is 42.2 Å². The summed E-state index contributed by atoms with van der Waals surface area (Å²) in [6, 6.07) is 0. The standard InChI is InChI=1S/C17H18N4O4S/c1-8-18-16-13(9-6-17(2,3)25-7-11(9)26-16)14-19-15(24)10(20-21(8)14)4-5-12(22)23/h4-7H2,1-3H3,(H,22,23). The zero-order valence-electron chi connectivity index (χ0n) is 14.7. The molecule has 0 bridgehead atoms. The molecule has 9 heteroatoms. The number of carbonyl (C=O) groups is 1. The van der Waals surface area contributed by atoms with Crippen molar-refractivity contribution in [2.24, 2.45) is 0 Å². The van der Waals surface area contributed by atoms with Gasteiger partial charge in [0.05, 0.1) is 24.0 Å². The number of ether oxygens (including phenoxy) is 1. The van der Waals surface area contributed by atoms with Crippen molar-refractivity contribution in [3.63, 3.8) is 0 Å². The third kappa shape index (κ3) is 2.77. The lowest BCUT2D eigenvalue weighted by molar-refractivity contribution is -0.136. The van der Waals surface area contributed by atoms with Crippen LogP contribution in [0.5, 0.6) is 0 Å². The van der Waals surface area contributed by atoms with Crippen LogP contribution in [0.4, 0.5) is 0 Å². The number of aliphatic carboxylic acids is 1. The van der Waals surface area contributed by atoms with Crippen LogP contribution < -0.4 is 5.56 Å². The Kier molecular flexibility index (Phi) is 3.81. The number of carboxylic acids is 1. The van der Waals surface area contributed by atoms with E-state index in [1.807, 2.05) is 13.8 Å². The Morgan fingerprint density at radius 2 is 2.15 bits per heavy atom. The second-order valence-corrected chi connectivity index (χ2v) is 8.14. The van der Waals surface area contributed by atoms with Crippen molar-refractivity contribution in [3.8, 4) is 0 Å². The molecule has 26 heavy (non-hydrogen) atoms. The fourth-order valence-electron chi connectivity index (χ4n) is 3.23. The van der Waals surface area contributed by atoms with Gasteiger partial charge in [-0.15, -0.1) is 11.3 Å². The second kappa shape index (κ2) is 5.82. The molecule has 1 aliphatic heterocycles. The molecule has 136 valence electrons. The summed E-state index contributed by atoms with van der Waals surface area (Å²) >= 11 is 1.56.